The normalized spacial score (nSPS) is 13.6. The van der Waals surface area contributed by atoms with Crippen LogP contribution in [0.2, 0.25) is 0 Å². The molecule has 1 aliphatic rings. The van der Waals surface area contributed by atoms with Gasteiger partial charge >= 0.3 is 0 Å². The van der Waals surface area contributed by atoms with Gasteiger partial charge in [-0.25, -0.2) is 0 Å². The van der Waals surface area contributed by atoms with E-state index in [-0.39, 0.29) is 18.3 Å². The number of para-hydroxylation sites is 1. The van der Waals surface area contributed by atoms with Crippen LogP contribution in [0.5, 0.6) is 0 Å². The lowest BCUT2D eigenvalue weighted by Gasteiger charge is -2.23. The number of nitrogens with zero attached hydrogens (tertiary/aromatic N) is 1. The second kappa shape index (κ2) is 9.80. The molecule has 1 saturated carbocycles. The predicted molar refractivity (Wildman–Crippen MR) is 90.9 cm³/mol. The lowest BCUT2D eigenvalue weighted by Crippen LogP contribution is -2.32. The quantitative estimate of drug-likeness (QED) is 0.706. The van der Waals surface area contributed by atoms with E-state index in [1.807, 2.05) is 35.2 Å². The van der Waals surface area contributed by atoms with Crippen molar-refractivity contribution in [1.82, 2.24) is 0 Å². The van der Waals surface area contributed by atoms with Crippen molar-refractivity contribution in [2.45, 2.75) is 44.9 Å². The monoisotopic (exact) mass is 310 g/mol. The standard InChI is InChI=1S/C17H26N2O.ClH/c18-13-7-2-1-6-10-17(20)19(14-15-11-12-15)16-8-4-3-5-9-16;/h3-5,8-9,15H,1-2,6-7,10-14,18H2;1H. The number of rotatable bonds is 9. The van der Waals surface area contributed by atoms with Gasteiger partial charge in [-0.05, 0) is 50.3 Å². The highest BCUT2D eigenvalue weighted by Crippen LogP contribution is 2.31. The Morgan fingerprint density at radius 1 is 1.10 bits per heavy atom. The lowest BCUT2D eigenvalue weighted by atomic mass is 10.1. The molecule has 0 saturated heterocycles. The van der Waals surface area contributed by atoms with Crippen LogP contribution < -0.4 is 10.6 Å². The Balaban J connectivity index is 0.00000220. The van der Waals surface area contributed by atoms with Crippen molar-refractivity contribution in [3.05, 3.63) is 30.3 Å². The Hall–Kier alpha value is -1.06. The van der Waals surface area contributed by atoms with Gasteiger partial charge in [0.25, 0.3) is 0 Å². The van der Waals surface area contributed by atoms with Crippen LogP contribution in [0.25, 0.3) is 0 Å². The molecule has 0 unspecified atom stereocenters. The average molecular weight is 311 g/mol. The molecule has 0 bridgehead atoms. The maximum Gasteiger partial charge on any atom is 0.226 e. The molecule has 1 aromatic rings. The first-order chi connectivity index (χ1) is 9.81. The zero-order valence-corrected chi connectivity index (χ0v) is 13.5. The molecular weight excluding hydrogens is 284 g/mol. The summed E-state index contributed by atoms with van der Waals surface area (Å²) >= 11 is 0. The summed E-state index contributed by atoms with van der Waals surface area (Å²) in [5, 5.41) is 0. The fourth-order valence-corrected chi connectivity index (χ4v) is 2.43. The fraction of sp³-hybridized carbons (Fsp3) is 0.588. The van der Waals surface area contributed by atoms with E-state index in [0.717, 1.165) is 50.4 Å². The number of hydrogen-bond acceptors (Lipinski definition) is 2. The molecule has 0 aliphatic heterocycles. The van der Waals surface area contributed by atoms with Crippen LogP contribution >= 0.6 is 12.4 Å². The van der Waals surface area contributed by atoms with Crippen molar-refractivity contribution in [2.24, 2.45) is 11.7 Å². The summed E-state index contributed by atoms with van der Waals surface area (Å²) in [7, 11) is 0. The average Bonchev–Trinajstić information content (AvgIpc) is 3.29. The Morgan fingerprint density at radius 3 is 2.38 bits per heavy atom. The molecule has 0 atom stereocenters. The van der Waals surface area contributed by atoms with E-state index in [1.54, 1.807) is 0 Å². The number of carbonyl (C=O) groups excluding carboxylic acids is 1. The van der Waals surface area contributed by atoms with Gasteiger partial charge in [-0.15, -0.1) is 12.4 Å². The van der Waals surface area contributed by atoms with E-state index < -0.39 is 0 Å². The van der Waals surface area contributed by atoms with Crippen LogP contribution in [0.1, 0.15) is 44.9 Å². The number of benzene rings is 1. The number of nitrogens with two attached hydrogens (primary N) is 1. The van der Waals surface area contributed by atoms with E-state index in [9.17, 15) is 4.79 Å². The van der Waals surface area contributed by atoms with E-state index >= 15 is 0 Å². The topological polar surface area (TPSA) is 46.3 Å². The smallest absolute Gasteiger partial charge is 0.226 e. The molecule has 2 rings (SSSR count). The second-order valence-corrected chi connectivity index (χ2v) is 5.74. The Morgan fingerprint density at radius 2 is 1.76 bits per heavy atom. The summed E-state index contributed by atoms with van der Waals surface area (Å²) in [6, 6.07) is 10.1. The van der Waals surface area contributed by atoms with E-state index in [0.29, 0.717) is 6.42 Å². The van der Waals surface area contributed by atoms with Gasteiger partial charge in [-0.2, -0.15) is 0 Å². The van der Waals surface area contributed by atoms with Crippen LogP contribution in [0, 0.1) is 5.92 Å². The molecule has 4 heteroatoms. The highest BCUT2D eigenvalue weighted by atomic mass is 35.5. The summed E-state index contributed by atoms with van der Waals surface area (Å²) in [4.78, 5) is 14.4. The molecule has 118 valence electrons. The van der Waals surface area contributed by atoms with Gasteiger partial charge in [0.05, 0.1) is 0 Å². The van der Waals surface area contributed by atoms with Crippen molar-refractivity contribution in [3.8, 4) is 0 Å². The number of amides is 1. The number of hydrogen-bond donors (Lipinski definition) is 1. The number of unbranched alkanes of at least 4 members (excludes halogenated alkanes) is 3. The van der Waals surface area contributed by atoms with Crippen LogP contribution in [-0.2, 0) is 4.79 Å². The number of carbonyl (C=O) groups is 1. The van der Waals surface area contributed by atoms with Crippen molar-refractivity contribution in [2.75, 3.05) is 18.0 Å². The summed E-state index contributed by atoms with van der Waals surface area (Å²) in [6.07, 6.45) is 7.49. The van der Waals surface area contributed by atoms with Gasteiger partial charge < -0.3 is 10.6 Å². The van der Waals surface area contributed by atoms with E-state index in [4.69, 9.17) is 5.73 Å². The van der Waals surface area contributed by atoms with Crippen LogP contribution in [0.4, 0.5) is 5.69 Å². The minimum atomic E-state index is 0. The van der Waals surface area contributed by atoms with E-state index in [2.05, 4.69) is 0 Å². The molecule has 0 heterocycles. The highest BCUT2D eigenvalue weighted by Gasteiger charge is 2.27. The Labute approximate surface area is 134 Å². The second-order valence-electron chi connectivity index (χ2n) is 5.74. The molecule has 1 fully saturated rings. The molecule has 1 aliphatic carbocycles. The maximum atomic E-state index is 12.4. The first-order valence-electron chi connectivity index (χ1n) is 7.86. The van der Waals surface area contributed by atoms with E-state index in [1.165, 1.54) is 12.8 Å². The summed E-state index contributed by atoms with van der Waals surface area (Å²) < 4.78 is 0. The predicted octanol–water partition coefficient (Wildman–Crippen LogP) is 3.76. The molecular formula is C17H27ClN2O. The van der Waals surface area contributed by atoms with Crippen molar-refractivity contribution in [3.63, 3.8) is 0 Å². The largest absolute Gasteiger partial charge is 0.330 e. The third kappa shape index (κ3) is 6.49. The minimum Gasteiger partial charge on any atom is -0.330 e. The van der Waals surface area contributed by atoms with Crippen LogP contribution in [0.15, 0.2) is 30.3 Å². The number of halogens is 1. The molecule has 0 radical (unpaired) electrons. The van der Waals surface area contributed by atoms with Gasteiger partial charge in [0, 0.05) is 18.7 Å². The van der Waals surface area contributed by atoms with Gasteiger partial charge in [-0.1, -0.05) is 31.0 Å². The zero-order chi connectivity index (χ0) is 14.2. The first kappa shape index (κ1) is 18.0. The molecule has 1 aromatic carbocycles. The van der Waals surface area contributed by atoms with Crippen molar-refractivity contribution in [1.29, 1.82) is 0 Å². The van der Waals surface area contributed by atoms with Crippen molar-refractivity contribution >= 4 is 24.0 Å². The summed E-state index contributed by atoms with van der Waals surface area (Å²) in [6.45, 7) is 1.65. The third-order valence-electron chi connectivity index (χ3n) is 3.85. The van der Waals surface area contributed by atoms with Gasteiger partial charge in [0.1, 0.15) is 0 Å². The third-order valence-corrected chi connectivity index (χ3v) is 3.85. The van der Waals surface area contributed by atoms with Gasteiger partial charge in [0.2, 0.25) is 5.91 Å². The van der Waals surface area contributed by atoms with Crippen LogP contribution in [0.3, 0.4) is 0 Å². The lowest BCUT2D eigenvalue weighted by molar-refractivity contribution is -0.118. The Kier molecular flexibility index (Phi) is 8.40. The minimum absolute atomic E-state index is 0. The highest BCUT2D eigenvalue weighted by molar-refractivity contribution is 5.93. The van der Waals surface area contributed by atoms with Crippen LogP contribution in [-0.4, -0.2) is 19.0 Å². The number of anilines is 1. The fourth-order valence-electron chi connectivity index (χ4n) is 2.43. The first-order valence-corrected chi connectivity index (χ1v) is 7.86. The Bertz CT molecular complexity index is 407. The van der Waals surface area contributed by atoms with Gasteiger partial charge in [-0.3, -0.25) is 4.79 Å². The maximum absolute atomic E-state index is 12.4. The molecule has 1 amide bonds. The molecule has 0 aromatic heterocycles. The SMILES string of the molecule is Cl.NCCCCCCC(=O)N(CC1CC1)c1ccccc1. The molecule has 21 heavy (non-hydrogen) atoms. The van der Waals surface area contributed by atoms with Gasteiger partial charge in [0.15, 0.2) is 0 Å². The molecule has 2 N–H and O–H groups in total. The van der Waals surface area contributed by atoms with Crippen molar-refractivity contribution < 1.29 is 4.79 Å². The zero-order valence-electron chi connectivity index (χ0n) is 12.7. The summed E-state index contributed by atoms with van der Waals surface area (Å²) in [5.41, 5.74) is 6.53. The summed E-state index contributed by atoms with van der Waals surface area (Å²) in [5.74, 6) is 0.993. The molecule has 3 nitrogen and oxygen atoms in total. The molecule has 0 spiro atoms.